The highest BCUT2D eigenvalue weighted by Crippen LogP contribution is 2.27. The van der Waals surface area contributed by atoms with Crippen molar-refractivity contribution >= 4 is 28.4 Å². The third kappa shape index (κ3) is 3.06. The standard InChI is InChI=1S/C18H16ClFN4O2/c1-9(2)24-13-6-10(16-12(20)8-22-18(19)23-16)4-5-11(13)15(25)7-14(24)17(26)21-3/h4-9H,1-3H3,(H,21,26). The number of amides is 1. The maximum absolute atomic E-state index is 14.1. The third-order valence-electron chi connectivity index (χ3n) is 4.01. The molecule has 0 atom stereocenters. The molecule has 3 aromatic rings. The fourth-order valence-corrected chi connectivity index (χ4v) is 3.03. The van der Waals surface area contributed by atoms with E-state index in [9.17, 15) is 14.0 Å². The molecule has 134 valence electrons. The average Bonchev–Trinajstić information content (AvgIpc) is 2.62. The number of hydrogen-bond donors (Lipinski definition) is 1. The van der Waals surface area contributed by atoms with Crippen molar-refractivity contribution in [3.8, 4) is 11.3 Å². The zero-order valence-corrected chi connectivity index (χ0v) is 15.1. The first-order valence-corrected chi connectivity index (χ1v) is 8.31. The summed E-state index contributed by atoms with van der Waals surface area (Å²) in [5.41, 5.74) is 0.918. The van der Waals surface area contributed by atoms with Crippen LogP contribution in [0.15, 0.2) is 35.3 Å². The molecule has 26 heavy (non-hydrogen) atoms. The summed E-state index contributed by atoms with van der Waals surface area (Å²) in [6.07, 6.45) is 0.991. The maximum Gasteiger partial charge on any atom is 0.267 e. The van der Waals surface area contributed by atoms with Gasteiger partial charge in [-0.15, -0.1) is 0 Å². The molecule has 0 spiro atoms. The van der Waals surface area contributed by atoms with Crippen LogP contribution in [0.3, 0.4) is 0 Å². The highest BCUT2D eigenvalue weighted by molar-refractivity contribution is 6.28. The molecule has 0 radical (unpaired) electrons. The summed E-state index contributed by atoms with van der Waals surface area (Å²) in [6, 6.07) is 6.01. The quantitative estimate of drug-likeness (QED) is 0.714. The number of hydrogen-bond acceptors (Lipinski definition) is 4. The van der Waals surface area contributed by atoms with E-state index < -0.39 is 5.82 Å². The van der Waals surface area contributed by atoms with Crippen molar-refractivity contribution < 1.29 is 9.18 Å². The van der Waals surface area contributed by atoms with Crippen molar-refractivity contribution in [1.82, 2.24) is 19.9 Å². The summed E-state index contributed by atoms with van der Waals surface area (Å²) in [6.45, 7) is 3.79. The molecule has 1 amide bonds. The van der Waals surface area contributed by atoms with Crippen LogP contribution in [0, 0.1) is 5.82 Å². The molecule has 0 fully saturated rings. The highest BCUT2D eigenvalue weighted by atomic mass is 35.5. The maximum atomic E-state index is 14.1. The van der Waals surface area contributed by atoms with Gasteiger partial charge in [0.15, 0.2) is 11.2 Å². The molecule has 6 nitrogen and oxygen atoms in total. The van der Waals surface area contributed by atoms with Gasteiger partial charge in [0.2, 0.25) is 5.28 Å². The van der Waals surface area contributed by atoms with Gasteiger partial charge in [0, 0.05) is 30.1 Å². The van der Waals surface area contributed by atoms with Gasteiger partial charge in [0.05, 0.1) is 11.7 Å². The fourth-order valence-electron chi connectivity index (χ4n) is 2.90. The molecule has 1 N–H and O–H groups in total. The van der Waals surface area contributed by atoms with Crippen molar-refractivity contribution in [2.24, 2.45) is 0 Å². The first-order chi connectivity index (χ1) is 12.3. The van der Waals surface area contributed by atoms with Gasteiger partial charge >= 0.3 is 0 Å². The van der Waals surface area contributed by atoms with Crippen LogP contribution in [0.5, 0.6) is 0 Å². The Morgan fingerprint density at radius 3 is 2.69 bits per heavy atom. The summed E-state index contributed by atoms with van der Waals surface area (Å²) in [4.78, 5) is 32.2. The van der Waals surface area contributed by atoms with Crippen LogP contribution < -0.4 is 10.7 Å². The van der Waals surface area contributed by atoms with E-state index in [2.05, 4.69) is 15.3 Å². The van der Waals surface area contributed by atoms with Gasteiger partial charge in [0.1, 0.15) is 11.4 Å². The van der Waals surface area contributed by atoms with Gasteiger partial charge in [0.25, 0.3) is 5.91 Å². The molecule has 8 heteroatoms. The van der Waals surface area contributed by atoms with Gasteiger partial charge in [-0.3, -0.25) is 9.59 Å². The van der Waals surface area contributed by atoms with Crippen molar-refractivity contribution in [1.29, 1.82) is 0 Å². The third-order valence-corrected chi connectivity index (χ3v) is 4.20. The van der Waals surface area contributed by atoms with E-state index in [0.29, 0.717) is 16.5 Å². The number of pyridine rings is 1. The first-order valence-electron chi connectivity index (χ1n) is 7.93. The summed E-state index contributed by atoms with van der Waals surface area (Å²) in [5, 5.41) is 2.88. The lowest BCUT2D eigenvalue weighted by molar-refractivity contribution is 0.0952. The smallest absolute Gasteiger partial charge is 0.267 e. The fraction of sp³-hybridized carbons (Fsp3) is 0.222. The van der Waals surface area contributed by atoms with Crippen LogP contribution in [0.4, 0.5) is 4.39 Å². The SMILES string of the molecule is CNC(=O)c1cc(=O)c2ccc(-c3nc(Cl)ncc3F)cc2n1C(C)C. The van der Waals surface area contributed by atoms with Gasteiger partial charge in [-0.05, 0) is 37.6 Å². The second-order valence-electron chi connectivity index (χ2n) is 6.00. The molecule has 3 rings (SSSR count). The largest absolute Gasteiger partial charge is 0.354 e. The number of benzene rings is 1. The molecule has 0 aliphatic rings. The monoisotopic (exact) mass is 374 g/mol. The molecule has 2 heterocycles. The lowest BCUT2D eigenvalue weighted by Gasteiger charge is -2.20. The minimum atomic E-state index is -0.630. The molecule has 0 aliphatic heterocycles. The Hall–Kier alpha value is -2.80. The Balaban J connectivity index is 2.38. The molecule has 0 aliphatic carbocycles. The van der Waals surface area contributed by atoms with Crippen molar-refractivity contribution in [2.45, 2.75) is 19.9 Å². The van der Waals surface area contributed by atoms with Gasteiger partial charge in [-0.25, -0.2) is 14.4 Å². The van der Waals surface area contributed by atoms with Crippen LogP contribution in [0.2, 0.25) is 5.28 Å². The number of carbonyl (C=O) groups excluding carboxylic acids is 1. The number of fused-ring (bicyclic) bond motifs is 1. The number of nitrogens with zero attached hydrogens (tertiary/aromatic N) is 3. The predicted molar refractivity (Wildman–Crippen MR) is 98.0 cm³/mol. The number of nitrogens with one attached hydrogen (secondary N) is 1. The minimum Gasteiger partial charge on any atom is -0.354 e. The van der Waals surface area contributed by atoms with Crippen LogP contribution >= 0.6 is 11.6 Å². The lowest BCUT2D eigenvalue weighted by atomic mass is 10.1. The summed E-state index contributed by atoms with van der Waals surface area (Å²) < 4.78 is 15.9. The summed E-state index contributed by atoms with van der Waals surface area (Å²) >= 11 is 5.78. The molecule has 1 aromatic carbocycles. The Kier molecular flexibility index (Phi) is 4.73. The van der Waals surface area contributed by atoms with Gasteiger partial charge < -0.3 is 9.88 Å². The Morgan fingerprint density at radius 2 is 2.04 bits per heavy atom. The van der Waals surface area contributed by atoms with E-state index in [1.807, 2.05) is 13.8 Å². The Morgan fingerprint density at radius 1 is 1.31 bits per heavy atom. The number of aromatic nitrogens is 3. The lowest BCUT2D eigenvalue weighted by Crippen LogP contribution is -2.27. The topological polar surface area (TPSA) is 76.9 Å². The molecule has 0 saturated heterocycles. The number of rotatable bonds is 3. The molecule has 0 unspecified atom stereocenters. The number of carbonyl (C=O) groups is 1. The van der Waals surface area contributed by atoms with Gasteiger partial charge in [-0.1, -0.05) is 6.07 Å². The Bertz CT molecular complexity index is 1080. The second-order valence-corrected chi connectivity index (χ2v) is 6.34. The molecule has 2 aromatic heterocycles. The number of halogens is 2. The zero-order valence-electron chi connectivity index (χ0n) is 14.4. The van der Waals surface area contributed by atoms with E-state index in [1.54, 1.807) is 22.8 Å². The van der Waals surface area contributed by atoms with Crippen LogP contribution in [0.1, 0.15) is 30.4 Å². The molecule has 0 saturated carbocycles. The van der Waals surface area contributed by atoms with Crippen LogP contribution in [-0.2, 0) is 0 Å². The zero-order chi connectivity index (χ0) is 19.0. The normalized spacial score (nSPS) is 11.2. The van der Waals surface area contributed by atoms with Crippen molar-refractivity contribution in [3.63, 3.8) is 0 Å². The molecular weight excluding hydrogens is 359 g/mol. The van der Waals surface area contributed by atoms with E-state index in [0.717, 1.165) is 6.20 Å². The molecular formula is C18H16ClFN4O2. The first kappa shape index (κ1) is 18.0. The van der Waals surface area contributed by atoms with E-state index in [4.69, 9.17) is 11.6 Å². The van der Waals surface area contributed by atoms with Crippen molar-refractivity contribution in [3.05, 3.63) is 57.5 Å². The van der Waals surface area contributed by atoms with Crippen LogP contribution in [-0.4, -0.2) is 27.5 Å². The van der Waals surface area contributed by atoms with E-state index in [-0.39, 0.29) is 34.0 Å². The minimum absolute atomic E-state index is 0.0278. The predicted octanol–water partition coefficient (Wildman–Crippen LogP) is 3.19. The van der Waals surface area contributed by atoms with E-state index in [1.165, 1.54) is 13.1 Å². The van der Waals surface area contributed by atoms with Crippen LogP contribution in [0.25, 0.3) is 22.2 Å². The van der Waals surface area contributed by atoms with E-state index >= 15 is 0 Å². The average molecular weight is 375 g/mol. The highest BCUT2D eigenvalue weighted by Gasteiger charge is 2.18. The molecule has 0 bridgehead atoms. The second kappa shape index (κ2) is 6.84. The summed E-state index contributed by atoms with van der Waals surface area (Å²) in [5.74, 6) is -1.01. The van der Waals surface area contributed by atoms with Crippen molar-refractivity contribution in [2.75, 3.05) is 7.05 Å². The Labute approximate surface area is 153 Å². The van der Waals surface area contributed by atoms with Gasteiger partial charge in [-0.2, -0.15) is 0 Å². The summed E-state index contributed by atoms with van der Waals surface area (Å²) in [7, 11) is 1.50.